The minimum atomic E-state index is 0.457. The molecule has 1 aliphatic carbocycles. The molecule has 4 rings (SSSR count). The Morgan fingerprint density at radius 1 is 1.16 bits per heavy atom. The quantitative estimate of drug-likeness (QED) is 0.705. The largest absolute Gasteiger partial charge is 0.420 e. The highest BCUT2D eigenvalue weighted by Crippen LogP contribution is 2.34. The van der Waals surface area contributed by atoms with E-state index in [4.69, 9.17) is 4.42 Å². The second kappa shape index (κ2) is 4.19. The number of pyridine rings is 1. The number of hydrogen-bond acceptors (Lipinski definition) is 4. The van der Waals surface area contributed by atoms with Gasteiger partial charge in [0.1, 0.15) is 0 Å². The number of imidazole rings is 1. The van der Waals surface area contributed by atoms with Crippen LogP contribution in [0.3, 0.4) is 0 Å². The van der Waals surface area contributed by atoms with Crippen molar-refractivity contribution in [3.8, 4) is 11.5 Å². The van der Waals surface area contributed by atoms with Gasteiger partial charge in [0.2, 0.25) is 11.8 Å². The summed E-state index contributed by atoms with van der Waals surface area (Å²) in [6, 6.07) is 3.99. The second-order valence-corrected chi connectivity index (χ2v) is 5.07. The number of fused-ring (bicyclic) bond motifs is 1. The maximum Gasteiger partial charge on any atom is 0.249 e. The zero-order valence-corrected chi connectivity index (χ0v) is 10.5. The molecule has 0 saturated heterocycles. The molecule has 0 N–H and O–H groups in total. The van der Waals surface area contributed by atoms with E-state index >= 15 is 0 Å². The average Bonchev–Trinajstić information content (AvgIpc) is 3.18. The van der Waals surface area contributed by atoms with Crippen molar-refractivity contribution in [2.75, 3.05) is 0 Å². The molecule has 3 aromatic heterocycles. The summed E-state index contributed by atoms with van der Waals surface area (Å²) >= 11 is 0. The fourth-order valence-corrected chi connectivity index (χ4v) is 2.74. The normalized spacial score (nSPS) is 16.4. The molecule has 0 unspecified atom stereocenters. The zero-order valence-electron chi connectivity index (χ0n) is 10.5. The van der Waals surface area contributed by atoms with E-state index in [1.54, 1.807) is 6.33 Å². The first-order chi connectivity index (χ1) is 9.40. The second-order valence-electron chi connectivity index (χ2n) is 5.07. The minimum absolute atomic E-state index is 0.457. The van der Waals surface area contributed by atoms with Crippen molar-refractivity contribution in [3.05, 3.63) is 36.7 Å². The summed E-state index contributed by atoms with van der Waals surface area (Å²) < 4.78 is 7.78. The van der Waals surface area contributed by atoms with Crippen molar-refractivity contribution in [2.24, 2.45) is 0 Å². The lowest BCUT2D eigenvalue weighted by atomic mass is 10.1. The smallest absolute Gasteiger partial charge is 0.249 e. The molecule has 5 nitrogen and oxygen atoms in total. The molecule has 96 valence electrons. The van der Waals surface area contributed by atoms with Crippen LogP contribution in [0.15, 0.2) is 35.3 Å². The Morgan fingerprint density at radius 3 is 2.95 bits per heavy atom. The Bertz CT molecular complexity index is 709. The Kier molecular flexibility index (Phi) is 2.36. The van der Waals surface area contributed by atoms with E-state index in [1.807, 2.05) is 28.9 Å². The van der Waals surface area contributed by atoms with Gasteiger partial charge in [-0.3, -0.25) is 0 Å². The van der Waals surface area contributed by atoms with Gasteiger partial charge in [-0.05, 0) is 25.0 Å². The van der Waals surface area contributed by atoms with Gasteiger partial charge < -0.3 is 8.82 Å². The SMILES string of the molecule is c1cc2cncn2cc1-c1nnc(C2CCCC2)o1. The van der Waals surface area contributed by atoms with Gasteiger partial charge in [0.15, 0.2) is 0 Å². The monoisotopic (exact) mass is 254 g/mol. The van der Waals surface area contributed by atoms with Crippen LogP contribution in [0.2, 0.25) is 0 Å². The van der Waals surface area contributed by atoms with E-state index in [0.29, 0.717) is 11.8 Å². The molecule has 0 amide bonds. The summed E-state index contributed by atoms with van der Waals surface area (Å²) in [5, 5.41) is 8.37. The molecule has 0 bridgehead atoms. The zero-order chi connectivity index (χ0) is 12.7. The van der Waals surface area contributed by atoms with E-state index in [2.05, 4.69) is 15.2 Å². The highest BCUT2D eigenvalue weighted by atomic mass is 16.4. The van der Waals surface area contributed by atoms with E-state index < -0.39 is 0 Å². The van der Waals surface area contributed by atoms with Gasteiger partial charge in [0, 0.05) is 12.1 Å². The van der Waals surface area contributed by atoms with Gasteiger partial charge in [-0.2, -0.15) is 0 Å². The van der Waals surface area contributed by atoms with Crippen molar-refractivity contribution in [3.63, 3.8) is 0 Å². The van der Waals surface area contributed by atoms with Crippen molar-refractivity contribution in [1.82, 2.24) is 19.6 Å². The lowest BCUT2D eigenvalue weighted by Crippen LogP contribution is -1.91. The first kappa shape index (κ1) is 10.7. The minimum Gasteiger partial charge on any atom is -0.420 e. The van der Waals surface area contributed by atoms with E-state index in [-0.39, 0.29) is 0 Å². The lowest BCUT2D eigenvalue weighted by Gasteiger charge is -2.01. The number of nitrogens with zero attached hydrogens (tertiary/aromatic N) is 4. The fourth-order valence-electron chi connectivity index (χ4n) is 2.74. The highest BCUT2D eigenvalue weighted by Gasteiger charge is 2.23. The summed E-state index contributed by atoms with van der Waals surface area (Å²) in [5.41, 5.74) is 1.99. The molecule has 3 aromatic rings. The summed E-state index contributed by atoms with van der Waals surface area (Å²) in [7, 11) is 0. The Balaban J connectivity index is 1.70. The van der Waals surface area contributed by atoms with E-state index in [9.17, 15) is 0 Å². The standard InChI is InChI=1S/C14H14N4O/c1-2-4-10(3-1)13-16-17-14(19-13)11-5-6-12-7-15-9-18(12)8-11/h5-10H,1-4H2. The molecule has 1 aliphatic rings. The third-order valence-electron chi connectivity index (χ3n) is 3.80. The molecule has 0 radical (unpaired) electrons. The predicted molar refractivity (Wildman–Crippen MR) is 69.7 cm³/mol. The third kappa shape index (κ3) is 1.82. The Morgan fingerprint density at radius 2 is 2.05 bits per heavy atom. The number of rotatable bonds is 2. The molecule has 1 saturated carbocycles. The molecular weight excluding hydrogens is 240 g/mol. The molecule has 3 heterocycles. The van der Waals surface area contributed by atoms with E-state index in [1.165, 1.54) is 25.7 Å². The highest BCUT2D eigenvalue weighted by molar-refractivity contribution is 5.57. The molecule has 1 fully saturated rings. The molecular formula is C14H14N4O. The van der Waals surface area contributed by atoms with Crippen LogP contribution in [0.25, 0.3) is 17.0 Å². The van der Waals surface area contributed by atoms with Crippen LogP contribution in [0.5, 0.6) is 0 Å². The molecule has 0 aliphatic heterocycles. The van der Waals surface area contributed by atoms with Crippen molar-refractivity contribution in [2.45, 2.75) is 31.6 Å². The van der Waals surface area contributed by atoms with Gasteiger partial charge in [-0.25, -0.2) is 4.98 Å². The molecule has 5 heteroatoms. The van der Waals surface area contributed by atoms with Gasteiger partial charge in [-0.15, -0.1) is 10.2 Å². The van der Waals surface area contributed by atoms with E-state index in [0.717, 1.165) is 17.0 Å². The predicted octanol–water partition coefficient (Wildman–Crippen LogP) is 3.04. The van der Waals surface area contributed by atoms with Gasteiger partial charge in [0.05, 0.1) is 23.6 Å². The van der Waals surface area contributed by atoms with Crippen LogP contribution in [0.1, 0.15) is 37.5 Å². The van der Waals surface area contributed by atoms with Gasteiger partial charge >= 0.3 is 0 Å². The summed E-state index contributed by atoms with van der Waals surface area (Å²) in [6.45, 7) is 0. The molecule has 19 heavy (non-hydrogen) atoms. The van der Waals surface area contributed by atoms with Gasteiger partial charge in [-0.1, -0.05) is 12.8 Å². The van der Waals surface area contributed by atoms with Crippen molar-refractivity contribution >= 4 is 5.52 Å². The van der Waals surface area contributed by atoms with Crippen LogP contribution in [0.4, 0.5) is 0 Å². The van der Waals surface area contributed by atoms with Crippen LogP contribution < -0.4 is 0 Å². The van der Waals surface area contributed by atoms with Crippen LogP contribution in [-0.4, -0.2) is 19.6 Å². The molecule has 0 atom stereocenters. The number of hydrogen-bond donors (Lipinski definition) is 0. The number of aromatic nitrogens is 4. The summed E-state index contributed by atoms with van der Waals surface area (Å²) in [5.74, 6) is 1.84. The molecule has 0 spiro atoms. The third-order valence-corrected chi connectivity index (χ3v) is 3.80. The van der Waals surface area contributed by atoms with Crippen molar-refractivity contribution in [1.29, 1.82) is 0 Å². The summed E-state index contributed by atoms with van der Waals surface area (Å²) in [4.78, 5) is 4.10. The Labute approximate surface area is 110 Å². The first-order valence-corrected chi connectivity index (χ1v) is 6.66. The maximum atomic E-state index is 5.82. The van der Waals surface area contributed by atoms with Crippen LogP contribution in [-0.2, 0) is 0 Å². The molecule has 0 aromatic carbocycles. The summed E-state index contributed by atoms with van der Waals surface area (Å²) in [6.07, 6.45) is 10.4. The fraction of sp³-hybridized carbons (Fsp3) is 0.357. The average molecular weight is 254 g/mol. The Hall–Kier alpha value is -2.17. The first-order valence-electron chi connectivity index (χ1n) is 6.66. The van der Waals surface area contributed by atoms with Crippen molar-refractivity contribution < 1.29 is 4.42 Å². The van der Waals surface area contributed by atoms with Crippen LogP contribution >= 0.6 is 0 Å². The van der Waals surface area contributed by atoms with Crippen LogP contribution in [0, 0.1) is 0 Å². The van der Waals surface area contributed by atoms with Gasteiger partial charge in [0.25, 0.3) is 0 Å². The maximum absolute atomic E-state index is 5.82. The lowest BCUT2D eigenvalue weighted by molar-refractivity contribution is 0.457. The topological polar surface area (TPSA) is 56.2 Å².